The van der Waals surface area contributed by atoms with Crippen molar-refractivity contribution in [2.24, 2.45) is 11.1 Å². The van der Waals surface area contributed by atoms with Crippen LogP contribution in [0.25, 0.3) is 0 Å². The summed E-state index contributed by atoms with van der Waals surface area (Å²) >= 11 is 0. The molecule has 96 valence electrons. The first kappa shape index (κ1) is 15.4. The lowest BCUT2D eigenvalue weighted by Crippen LogP contribution is -2.39. The van der Waals surface area contributed by atoms with E-state index in [0.29, 0.717) is 13.0 Å². The maximum Gasteiger partial charge on any atom is 0.221 e. The van der Waals surface area contributed by atoms with Crippen molar-refractivity contribution in [2.45, 2.75) is 40.2 Å². The Hall–Kier alpha value is -0.610. The van der Waals surface area contributed by atoms with Gasteiger partial charge in [0.2, 0.25) is 5.91 Å². The van der Waals surface area contributed by atoms with Gasteiger partial charge < -0.3 is 16.0 Å². The van der Waals surface area contributed by atoms with Crippen molar-refractivity contribution in [3.8, 4) is 0 Å². The summed E-state index contributed by atoms with van der Waals surface area (Å²) in [5, 5.41) is 2.88. The number of amides is 1. The minimum absolute atomic E-state index is 0.114. The topological polar surface area (TPSA) is 58.4 Å². The van der Waals surface area contributed by atoms with Crippen LogP contribution in [0.15, 0.2) is 0 Å². The molecule has 0 heterocycles. The summed E-state index contributed by atoms with van der Waals surface area (Å²) in [5.41, 5.74) is 5.78. The quantitative estimate of drug-likeness (QED) is 0.679. The van der Waals surface area contributed by atoms with Gasteiger partial charge in [-0.2, -0.15) is 0 Å². The summed E-state index contributed by atoms with van der Waals surface area (Å²) in [5.74, 6) is 0.118. The van der Waals surface area contributed by atoms with E-state index in [1.165, 1.54) is 0 Å². The fraction of sp³-hybridized carbons (Fsp3) is 0.917. The van der Waals surface area contributed by atoms with Gasteiger partial charge in [-0.1, -0.05) is 13.8 Å². The van der Waals surface area contributed by atoms with Crippen LogP contribution in [-0.4, -0.2) is 43.5 Å². The lowest BCUT2D eigenvalue weighted by Gasteiger charge is -2.28. The Kier molecular flexibility index (Phi) is 6.60. The average Bonchev–Trinajstić information content (AvgIpc) is 2.13. The molecule has 0 saturated heterocycles. The zero-order chi connectivity index (χ0) is 12.8. The van der Waals surface area contributed by atoms with E-state index >= 15 is 0 Å². The first-order valence-electron chi connectivity index (χ1n) is 5.95. The Morgan fingerprint density at radius 1 is 1.44 bits per heavy atom. The fourth-order valence-electron chi connectivity index (χ4n) is 1.56. The second kappa shape index (κ2) is 6.86. The van der Waals surface area contributed by atoms with E-state index in [2.05, 4.69) is 24.1 Å². The lowest BCUT2D eigenvalue weighted by atomic mass is 9.93. The number of nitrogens with one attached hydrogen (secondary N) is 1. The van der Waals surface area contributed by atoms with Gasteiger partial charge in [-0.05, 0) is 32.9 Å². The van der Waals surface area contributed by atoms with Crippen LogP contribution in [0.3, 0.4) is 0 Å². The van der Waals surface area contributed by atoms with Gasteiger partial charge in [0.05, 0.1) is 0 Å². The highest BCUT2D eigenvalue weighted by atomic mass is 16.1. The van der Waals surface area contributed by atoms with E-state index in [1.54, 1.807) is 0 Å². The Labute approximate surface area is 99.6 Å². The predicted octanol–water partition coefficient (Wildman–Crippen LogP) is 0.818. The van der Waals surface area contributed by atoms with Crippen molar-refractivity contribution in [2.75, 3.05) is 26.7 Å². The number of hydrogen-bond acceptors (Lipinski definition) is 3. The van der Waals surface area contributed by atoms with Gasteiger partial charge in [0, 0.05) is 25.6 Å². The molecule has 0 fully saturated rings. The third-order valence-corrected chi connectivity index (χ3v) is 2.42. The standard InChI is InChI=1S/C12H27N3O/c1-10(2)14-11(16)6-7-15(5)9-12(3,4)8-13/h10H,6-9,13H2,1-5H3,(H,14,16). The van der Waals surface area contributed by atoms with Gasteiger partial charge in [-0.15, -0.1) is 0 Å². The van der Waals surface area contributed by atoms with Crippen LogP contribution in [0.2, 0.25) is 0 Å². The molecular weight excluding hydrogens is 202 g/mol. The number of nitrogens with two attached hydrogens (primary N) is 1. The average molecular weight is 229 g/mol. The second-order valence-corrected chi connectivity index (χ2v) is 5.58. The monoisotopic (exact) mass is 229 g/mol. The molecule has 16 heavy (non-hydrogen) atoms. The van der Waals surface area contributed by atoms with E-state index in [1.807, 2.05) is 20.9 Å². The molecule has 0 saturated carbocycles. The predicted molar refractivity (Wildman–Crippen MR) is 68.2 cm³/mol. The SMILES string of the molecule is CC(C)NC(=O)CCN(C)CC(C)(C)CN. The minimum Gasteiger partial charge on any atom is -0.354 e. The second-order valence-electron chi connectivity index (χ2n) is 5.58. The molecule has 0 bridgehead atoms. The maximum atomic E-state index is 11.4. The van der Waals surface area contributed by atoms with Crippen LogP contribution >= 0.6 is 0 Å². The van der Waals surface area contributed by atoms with Crippen LogP contribution < -0.4 is 11.1 Å². The van der Waals surface area contributed by atoms with Crippen molar-refractivity contribution < 1.29 is 4.79 Å². The molecule has 0 aromatic rings. The molecule has 1 amide bonds. The molecule has 0 aliphatic heterocycles. The van der Waals surface area contributed by atoms with Gasteiger partial charge in [0.15, 0.2) is 0 Å². The van der Waals surface area contributed by atoms with E-state index in [9.17, 15) is 4.79 Å². The van der Waals surface area contributed by atoms with E-state index in [-0.39, 0.29) is 17.4 Å². The molecule has 3 N–H and O–H groups in total. The van der Waals surface area contributed by atoms with Gasteiger partial charge >= 0.3 is 0 Å². The fourth-order valence-corrected chi connectivity index (χ4v) is 1.56. The summed E-state index contributed by atoms with van der Waals surface area (Å²) in [6.07, 6.45) is 0.551. The van der Waals surface area contributed by atoms with Crippen molar-refractivity contribution in [1.82, 2.24) is 10.2 Å². The molecular formula is C12H27N3O. The largest absolute Gasteiger partial charge is 0.354 e. The van der Waals surface area contributed by atoms with Crippen molar-refractivity contribution in [3.63, 3.8) is 0 Å². The zero-order valence-electron chi connectivity index (χ0n) is 11.3. The highest BCUT2D eigenvalue weighted by Gasteiger charge is 2.18. The van der Waals surface area contributed by atoms with Crippen LogP contribution in [-0.2, 0) is 4.79 Å². The van der Waals surface area contributed by atoms with Crippen molar-refractivity contribution >= 4 is 5.91 Å². The molecule has 0 unspecified atom stereocenters. The maximum absolute atomic E-state index is 11.4. The van der Waals surface area contributed by atoms with Gasteiger partial charge in [0.1, 0.15) is 0 Å². The molecule has 0 rings (SSSR count). The summed E-state index contributed by atoms with van der Waals surface area (Å²) in [6.45, 7) is 10.6. The summed E-state index contributed by atoms with van der Waals surface area (Å²) < 4.78 is 0. The Bertz CT molecular complexity index is 214. The number of rotatable bonds is 7. The Balaban J connectivity index is 3.81. The van der Waals surface area contributed by atoms with Crippen molar-refractivity contribution in [3.05, 3.63) is 0 Å². The van der Waals surface area contributed by atoms with Gasteiger partial charge in [-0.3, -0.25) is 4.79 Å². The van der Waals surface area contributed by atoms with Gasteiger partial charge in [0.25, 0.3) is 0 Å². The normalized spacial score (nSPS) is 12.2. The summed E-state index contributed by atoms with van der Waals surface area (Å²) in [4.78, 5) is 13.6. The molecule has 0 radical (unpaired) electrons. The lowest BCUT2D eigenvalue weighted by molar-refractivity contribution is -0.121. The molecule has 0 aromatic heterocycles. The Morgan fingerprint density at radius 3 is 2.44 bits per heavy atom. The van der Waals surface area contributed by atoms with Crippen LogP contribution in [0.5, 0.6) is 0 Å². The highest BCUT2D eigenvalue weighted by Crippen LogP contribution is 2.13. The molecule has 0 aliphatic rings. The van der Waals surface area contributed by atoms with E-state index < -0.39 is 0 Å². The van der Waals surface area contributed by atoms with Crippen molar-refractivity contribution in [1.29, 1.82) is 0 Å². The number of carbonyl (C=O) groups is 1. The number of nitrogens with zero attached hydrogens (tertiary/aromatic N) is 1. The van der Waals surface area contributed by atoms with Gasteiger partial charge in [-0.25, -0.2) is 0 Å². The zero-order valence-corrected chi connectivity index (χ0v) is 11.3. The summed E-state index contributed by atoms with van der Waals surface area (Å²) in [7, 11) is 2.03. The van der Waals surface area contributed by atoms with Crippen LogP contribution in [0.4, 0.5) is 0 Å². The highest BCUT2D eigenvalue weighted by molar-refractivity contribution is 5.76. The Morgan fingerprint density at radius 2 is 2.00 bits per heavy atom. The molecule has 0 spiro atoms. The first-order chi connectivity index (χ1) is 7.26. The summed E-state index contributed by atoms with van der Waals surface area (Å²) in [6, 6.07) is 0.221. The van der Waals surface area contributed by atoms with Crippen LogP contribution in [0.1, 0.15) is 34.1 Å². The molecule has 0 aliphatic carbocycles. The van der Waals surface area contributed by atoms with E-state index in [0.717, 1.165) is 13.1 Å². The molecule has 0 atom stereocenters. The van der Waals surface area contributed by atoms with Crippen LogP contribution in [0, 0.1) is 5.41 Å². The van der Waals surface area contributed by atoms with E-state index in [4.69, 9.17) is 5.73 Å². The third kappa shape index (κ3) is 7.65. The smallest absolute Gasteiger partial charge is 0.221 e. The number of carbonyl (C=O) groups excluding carboxylic acids is 1. The first-order valence-corrected chi connectivity index (χ1v) is 5.95. The molecule has 4 nitrogen and oxygen atoms in total. The molecule has 0 aromatic carbocycles. The third-order valence-electron chi connectivity index (χ3n) is 2.42. The number of hydrogen-bond donors (Lipinski definition) is 2. The minimum atomic E-state index is 0.114. The molecule has 4 heteroatoms.